The van der Waals surface area contributed by atoms with Gasteiger partial charge in [0.2, 0.25) is 5.91 Å². The Bertz CT molecular complexity index is 1370. The summed E-state index contributed by atoms with van der Waals surface area (Å²) in [5.74, 6) is -1.22. The first-order valence-electron chi connectivity index (χ1n) is 17.8. The molecule has 2 amide bonds. The zero-order valence-corrected chi connectivity index (χ0v) is 29.4. The fraction of sp³-hybridized carbons (Fsp3) is 0.649. The van der Waals surface area contributed by atoms with Gasteiger partial charge in [0.1, 0.15) is 18.0 Å². The number of amides is 2. The van der Waals surface area contributed by atoms with Gasteiger partial charge in [0.25, 0.3) is 0 Å². The molecule has 1 unspecified atom stereocenters. The molecule has 0 spiro atoms. The van der Waals surface area contributed by atoms with E-state index in [9.17, 15) is 23.9 Å². The van der Waals surface area contributed by atoms with Crippen molar-refractivity contribution in [2.24, 2.45) is 17.8 Å². The van der Waals surface area contributed by atoms with Crippen LogP contribution in [0.1, 0.15) is 52.0 Å². The van der Waals surface area contributed by atoms with Crippen LogP contribution in [0.5, 0.6) is 0 Å². The number of esters is 1. The van der Waals surface area contributed by atoms with E-state index < -0.39 is 24.3 Å². The number of rotatable bonds is 5. The predicted octanol–water partition coefficient (Wildman–Crippen LogP) is 3.95. The number of halogens is 1. The lowest BCUT2D eigenvalue weighted by Crippen LogP contribution is -2.50. The van der Waals surface area contributed by atoms with Crippen LogP contribution >= 0.6 is 0 Å². The molecule has 3 saturated heterocycles. The van der Waals surface area contributed by atoms with Gasteiger partial charge in [-0.15, -0.1) is 0 Å². The van der Waals surface area contributed by atoms with E-state index in [2.05, 4.69) is 9.80 Å². The van der Waals surface area contributed by atoms with Gasteiger partial charge in [0.15, 0.2) is 0 Å². The van der Waals surface area contributed by atoms with Crippen LogP contribution in [0.25, 0.3) is 6.08 Å². The lowest BCUT2D eigenvalue weighted by molar-refractivity contribution is -0.151. The number of nitrogens with zero attached hydrogens (tertiary/aromatic N) is 4. The van der Waals surface area contributed by atoms with Crippen LogP contribution in [0, 0.1) is 23.6 Å². The number of benzene rings is 1. The average molecular weight is 685 g/mol. The Balaban J connectivity index is 1.30. The van der Waals surface area contributed by atoms with Gasteiger partial charge < -0.3 is 38.9 Å². The van der Waals surface area contributed by atoms with E-state index >= 15 is 0 Å². The van der Waals surface area contributed by atoms with Crippen LogP contribution in [-0.4, -0.2) is 129 Å². The van der Waals surface area contributed by atoms with Crippen LogP contribution in [0.4, 0.5) is 14.9 Å². The zero-order chi connectivity index (χ0) is 35.1. The molecule has 0 aromatic heterocycles. The van der Waals surface area contributed by atoms with E-state index in [4.69, 9.17) is 14.2 Å². The summed E-state index contributed by atoms with van der Waals surface area (Å²) >= 11 is 0. The van der Waals surface area contributed by atoms with Crippen LogP contribution in [0.2, 0.25) is 0 Å². The second kappa shape index (κ2) is 17.0. The topological polar surface area (TPSA) is 112 Å². The van der Waals surface area contributed by atoms with Crippen molar-refractivity contribution in [3.63, 3.8) is 0 Å². The molecule has 4 heterocycles. The number of ether oxygens (including phenoxy) is 3. The maximum atomic E-state index is 15.0. The molecule has 1 N–H and O–H groups in total. The Morgan fingerprint density at radius 1 is 0.959 bits per heavy atom. The number of hydrogen-bond donors (Lipinski definition) is 1. The lowest BCUT2D eigenvalue weighted by Gasteiger charge is -2.37. The van der Waals surface area contributed by atoms with E-state index in [1.807, 2.05) is 57.0 Å². The van der Waals surface area contributed by atoms with Gasteiger partial charge in [-0.1, -0.05) is 26.0 Å². The highest BCUT2D eigenvalue weighted by molar-refractivity contribution is 5.79. The number of likely N-dealkylation sites (N-methyl/N-ethyl adjacent to an activating group) is 1. The second-order valence-corrected chi connectivity index (χ2v) is 14.2. The summed E-state index contributed by atoms with van der Waals surface area (Å²) in [4.78, 5) is 46.8. The molecule has 11 nitrogen and oxygen atoms in total. The van der Waals surface area contributed by atoms with E-state index in [1.165, 1.54) is 12.1 Å². The number of anilines is 1. The molecule has 270 valence electrons. The highest BCUT2D eigenvalue weighted by atomic mass is 19.1. The van der Waals surface area contributed by atoms with Crippen molar-refractivity contribution >= 4 is 29.7 Å². The minimum Gasteiger partial charge on any atom is -0.457 e. The summed E-state index contributed by atoms with van der Waals surface area (Å²) in [6.07, 6.45) is 4.70. The fourth-order valence-electron chi connectivity index (χ4n) is 7.01. The molecule has 12 heteroatoms. The monoisotopic (exact) mass is 684 g/mol. The minimum absolute atomic E-state index is 0.0720. The Labute approximate surface area is 289 Å². The maximum absolute atomic E-state index is 15.0. The van der Waals surface area contributed by atoms with E-state index in [0.717, 1.165) is 25.2 Å². The van der Waals surface area contributed by atoms with Crippen LogP contribution in [0.3, 0.4) is 0 Å². The Morgan fingerprint density at radius 2 is 1.67 bits per heavy atom. The number of hydrogen-bond acceptors (Lipinski definition) is 9. The summed E-state index contributed by atoms with van der Waals surface area (Å²) in [6, 6.07) is 4.86. The molecule has 0 aliphatic carbocycles. The fourth-order valence-corrected chi connectivity index (χ4v) is 7.01. The number of cyclic esters (lactones) is 1. The summed E-state index contributed by atoms with van der Waals surface area (Å²) in [6.45, 7) is 11.9. The largest absolute Gasteiger partial charge is 0.457 e. The minimum atomic E-state index is -0.888. The molecule has 3 fully saturated rings. The van der Waals surface area contributed by atoms with Gasteiger partial charge in [0.05, 0.1) is 25.0 Å². The van der Waals surface area contributed by atoms with Crippen molar-refractivity contribution in [3.05, 3.63) is 47.3 Å². The third-order valence-corrected chi connectivity index (χ3v) is 10.2. The molecular weight excluding hydrogens is 631 g/mol. The highest BCUT2D eigenvalue weighted by Crippen LogP contribution is 2.28. The lowest BCUT2D eigenvalue weighted by atomic mass is 9.91. The van der Waals surface area contributed by atoms with Crippen LogP contribution < -0.4 is 4.90 Å². The zero-order valence-electron chi connectivity index (χ0n) is 29.4. The van der Waals surface area contributed by atoms with Gasteiger partial charge in [-0.25, -0.2) is 9.18 Å². The SMILES string of the molecule is C/C(=C\c1cc(F)cc(N2CCN(C(=O)C3CCOC3)CC2)c1)[C@H]1OC(=O)C[C@H](O)CC[C@H](C)[C@@H](OC(=O)N2CCN(C)CC2)/C=C/[C@@H]1C. The summed E-state index contributed by atoms with van der Waals surface area (Å²) in [7, 11) is 2.03. The van der Waals surface area contributed by atoms with Crippen molar-refractivity contribution < 1.29 is 38.1 Å². The van der Waals surface area contributed by atoms with Gasteiger partial charge in [-0.2, -0.15) is 0 Å². The molecule has 1 aromatic rings. The van der Waals surface area contributed by atoms with E-state index in [1.54, 1.807) is 4.90 Å². The Hall–Kier alpha value is -3.48. The number of piperazine rings is 2. The number of aliphatic hydroxyl groups is 1. The van der Waals surface area contributed by atoms with Crippen LogP contribution in [0.15, 0.2) is 35.9 Å². The summed E-state index contributed by atoms with van der Waals surface area (Å²) in [5.41, 5.74) is 2.06. The van der Waals surface area contributed by atoms with Crippen molar-refractivity contribution in [3.8, 4) is 0 Å². The molecule has 6 atom stereocenters. The molecule has 5 rings (SSSR count). The summed E-state index contributed by atoms with van der Waals surface area (Å²) in [5, 5.41) is 10.7. The first-order valence-corrected chi connectivity index (χ1v) is 17.8. The first kappa shape index (κ1) is 36.8. The van der Waals surface area contributed by atoms with E-state index in [-0.39, 0.29) is 42.0 Å². The van der Waals surface area contributed by atoms with Gasteiger partial charge in [0, 0.05) is 70.6 Å². The molecular formula is C37H53FN4O7. The third-order valence-electron chi connectivity index (χ3n) is 10.2. The quantitative estimate of drug-likeness (QED) is 0.364. The number of carbonyl (C=O) groups excluding carboxylic acids is 3. The van der Waals surface area contributed by atoms with Crippen LogP contribution in [-0.2, 0) is 23.8 Å². The summed E-state index contributed by atoms with van der Waals surface area (Å²) < 4.78 is 32.4. The van der Waals surface area contributed by atoms with Gasteiger partial charge >= 0.3 is 12.1 Å². The smallest absolute Gasteiger partial charge is 0.410 e. The van der Waals surface area contributed by atoms with Gasteiger partial charge in [-0.05, 0) is 74.6 Å². The standard InChI is InChI=1S/C37H53FN4O7/c1-25-5-7-32(43)23-34(44)49-35(26(2)6-8-33(25)48-37(46)42-12-10-39(4)11-13-42)27(3)19-28-20-30(38)22-31(21-28)40-14-16-41(17-15-40)36(45)29-9-18-47-24-29/h6,8,19-22,25-26,29,32-33,35,43H,5,7,9-18,23-24H2,1-4H3/b8-6+,27-19+/t25-,26-,29?,32+,33-,35-/m0/s1. The van der Waals surface area contributed by atoms with E-state index in [0.29, 0.717) is 76.5 Å². The van der Waals surface area contributed by atoms with Crippen molar-refractivity contribution in [2.45, 2.75) is 64.8 Å². The Kier molecular flexibility index (Phi) is 12.7. The Morgan fingerprint density at radius 3 is 2.37 bits per heavy atom. The molecule has 0 saturated carbocycles. The molecule has 4 aliphatic heterocycles. The van der Waals surface area contributed by atoms with Crippen molar-refractivity contribution in [1.82, 2.24) is 14.7 Å². The molecule has 49 heavy (non-hydrogen) atoms. The highest BCUT2D eigenvalue weighted by Gasteiger charge is 2.31. The third kappa shape index (κ3) is 10.0. The van der Waals surface area contributed by atoms with Gasteiger partial charge in [-0.3, -0.25) is 9.59 Å². The van der Waals surface area contributed by atoms with Crippen molar-refractivity contribution in [2.75, 3.05) is 77.5 Å². The number of aliphatic hydroxyl groups excluding tert-OH is 1. The normalized spacial score (nSPS) is 30.3. The molecule has 0 radical (unpaired) electrons. The predicted molar refractivity (Wildman–Crippen MR) is 184 cm³/mol. The first-order chi connectivity index (χ1) is 23.5. The molecule has 4 aliphatic rings. The average Bonchev–Trinajstić information content (AvgIpc) is 3.62. The second-order valence-electron chi connectivity index (χ2n) is 14.2. The number of carbonyl (C=O) groups is 3. The van der Waals surface area contributed by atoms with Crippen molar-refractivity contribution in [1.29, 1.82) is 0 Å². The maximum Gasteiger partial charge on any atom is 0.410 e. The molecule has 1 aromatic carbocycles. The molecule has 0 bridgehead atoms.